The number of aryl methyl sites for hydroxylation is 1. The van der Waals surface area contributed by atoms with E-state index in [-0.39, 0.29) is 11.8 Å². The normalized spacial score (nSPS) is 15.1. The molecular weight excluding hydrogens is 314 g/mol. The number of nitrogens with one attached hydrogen (secondary N) is 2. The van der Waals surface area contributed by atoms with Crippen LogP contribution in [-0.4, -0.2) is 29.4 Å². The van der Waals surface area contributed by atoms with E-state index in [1.165, 1.54) is 11.3 Å². The zero-order valence-electron chi connectivity index (χ0n) is 12.7. The van der Waals surface area contributed by atoms with Gasteiger partial charge in [0, 0.05) is 6.54 Å². The first kappa shape index (κ1) is 15.5. The lowest BCUT2D eigenvalue weighted by Crippen LogP contribution is -2.30. The van der Waals surface area contributed by atoms with Crippen LogP contribution < -0.4 is 15.4 Å². The van der Waals surface area contributed by atoms with E-state index in [4.69, 9.17) is 4.74 Å². The number of carbonyl (C=O) groups is 2. The Morgan fingerprint density at radius 3 is 2.96 bits per heavy atom. The first-order valence-electron chi connectivity index (χ1n) is 7.44. The standard InChI is InChI=1S/C16H17N3O3S/c1-10(22-11-6-3-2-4-7-11)14(20)19-16-18-12-8-5-9-17-15(21)13(12)23-16/h2-4,6-7,10H,5,8-9H2,1H3,(H,17,21)(H,18,19,20). The summed E-state index contributed by atoms with van der Waals surface area (Å²) >= 11 is 1.20. The van der Waals surface area contributed by atoms with Crippen LogP contribution in [0.3, 0.4) is 0 Å². The molecule has 3 rings (SSSR count). The minimum Gasteiger partial charge on any atom is -0.481 e. The fraction of sp³-hybridized carbons (Fsp3) is 0.312. The number of ether oxygens (including phenoxy) is 1. The summed E-state index contributed by atoms with van der Waals surface area (Å²) in [7, 11) is 0. The smallest absolute Gasteiger partial charge is 0.266 e. The van der Waals surface area contributed by atoms with E-state index in [1.807, 2.05) is 18.2 Å². The lowest BCUT2D eigenvalue weighted by molar-refractivity contribution is -0.122. The van der Waals surface area contributed by atoms with Crippen molar-refractivity contribution < 1.29 is 14.3 Å². The Morgan fingerprint density at radius 2 is 2.17 bits per heavy atom. The van der Waals surface area contributed by atoms with Gasteiger partial charge in [-0.3, -0.25) is 14.9 Å². The van der Waals surface area contributed by atoms with Gasteiger partial charge < -0.3 is 10.1 Å². The molecule has 1 aromatic heterocycles. The van der Waals surface area contributed by atoms with Crippen molar-refractivity contribution in [2.24, 2.45) is 0 Å². The molecule has 0 spiro atoms. The molecule has 1 aliphatic heterocycles. The van der Waals surface area contributed by atoms with E-state index >= 15 is 0 Å². The van der Waals surface area contributed by atoms with Crippen LogP contribution in [0.2, 0.25) is 0 Å². The summed E-state index contributed by atoms with van der Waals surface area (Å²) in [5.74, 6) is 0.215. The zero-order valence-corrected chi connectivity index (χ0v) is 13.5. The average Bonchev–Trinajstić information content (AvgIpc) is 2.87. The van der Waals surface area contributed by atoms with E-state index in [0.29, 0.717) is 22.3 Å². The Kier molecular flexibility index (Phi) is 4.57. The number of benzene rings is 1. The number of hydrogen-bond donors (Lipinski definition) is 2. The summed E-state index contributed by atoms with van der Waals surface area (Å²) in [6.07, 6.45) is 0.926. The fourth-order valence-electron chi connectivity index (χ4n) is 2.25. The maximum absolute atomic E-state index is 12.2. The Labute approximate surface area is 137 Å². The molecule has 0 saturated heterocycles. The molecule has 23 heavy (non-hydrogen) atoms. The van der Waals surface area contributed by atoms with Gasteiger partial charge in [0.05, 0.1) is 5.69 Å². The van der Waals surface area contributed by atoms with Gasteiger partial charge in [0.15, 0.2) is 11.2 Å². The van der Waals surface area contributed by atoms with Crippen molar-refractivity contribution in [3.63, 3.8) is 0 Å². The van der Waals surface area contributed by atoms with Gasteiger partial charge in [-0.1, -0.05) is 29.5 Å². The molecule has 0 aliphatic carbocycles. The van der Waals surface area contributed by atoms with Crippen molar-refractivity contribution in [1.82, 2.24) is 10.3 Å². The van der Waals surface area contributed by atoms with Crippen molar-refractivity contribution in [2.45, 2.75) is 25.9 Å². The van der Waals surface area contributed by atoms with Gasteiger partial charge in [-0.15, -0.1) is 0 Å². The largest absolute Gasteiger partial charge is 0.481 e. The van der Waals surface area contributed by atoms with Gasteiger partial charge in [0.2, 0.25) is 0 Å². The third-order valence-corrected chi connectivity index (χ3v) is 4.45. The number of nitrogens with zero attached hydrogens (tertiary/aromatic N) is 1. The third-order valence-electron chi connectivity index (χ3n) is 3.43. The number of anilines is 1. The SMILES string of the molecule is CC(Oc1ccccc1)C(=O)Nc1nc2c(s1)C(=O)NCCC2. The molecule has 2 heterocycles. The van der Waals surface area contributed by atoms with Crippen LogP contribution in [0.1, 0.15) is 28.7 Å². The van der Waals surface area contributed by atoms with Gasteiger partial charge >= 0.3 is 0 Å². The van der Waals surface area contributed by atoms with Crippen molar-refractivity contribution in [2.75, 3.05) is 11.9 Å². The van der Waals surface area contributed by atoms with Crippen molar-refractivity contribution in [3.8, 4) is 5.75 Å². The Morgan fingerprint density at radius 1 is 1.39 bits per heavy atom. The van der Waals surface area contributed by atoms with E-state index in [0.717, 1.165) is 18.5 Å². The number of amides is 2. The highest BCUT2D eigenvalue weighted by molar-refractivity contribution is 7.17. The molecule has 1 atom stereocenters. The van der Waals surface area contributed by atoms with Crippen LogP contribution in [0.15, 0.2) is 30.3 Å². The van der Waals surface area contributed by atoms with Gasteiger partial charge in [0.25, 0.3) is 11.8 Å². The second kappa shape index (κ2) is 6.78. The molecular formula is C16H17N3O3S. The predicted molar refractivity (Wildman–Crippen MR) is 87.9 cm³/mol. The Bertz CT molecular complexity index is 715. The minimum atomic E-state index is -0.657. The van der Waals surface area contributed by atoms with Gasteiger partial charge in [-0.2, -0.15) is 0 Å². The molecule has 2 amide bonds. The van der Waals surface area contributed by atoms with Gasteiger partial charge in [-0.05, 0) is 31.9 Å². The van der Waals surface area contributed by atoms with E-state index in [1.54, 1.807) is 19.1 Å². The van der Waals surface area contributed by atoms with Crippen LogP contribution >= 0.6 is 11.3 Å². The molecule has 1 aliphatic rings. The summed E-state index contributed by atoms with van der Waals surface area (Å²) < 4.78 is 5.58. The van der Waals surface area contributed by atoms with Crippen molar-refractivity contribution in [1.29, 1.82) is 0 Å². The molecule has 1 unspecified atom stereocenters. The third kappa shape index (κ3) is 3.68. The summed E-state index contributed by atoms with van der Waals surface area (Å²) in [6.45, 7) is 2.33. The van der Waals surface area contributed by atoms with Crippen LogP contribution in [0.5, 0.6) is 5.75 Å². The monoisotopic (exact) mass is 331 g/mol. The number of hydrogen-bond acceptors (Lipinski definition) is 5. The number of thiazole rings is 1. The molecule has 2 N–H and O–H groups in total. The average molecular weight is 331 g/mol. The lowest BCUT2D eigenvalue weighted by atomic mass is 10.2. The first-order chi connectivity index (χ1) is 11.1. The summed E-state index contributed by atoms with van der Waals surface area (Å²) in [4.78, 5) is 29.0. The van der Waals surface area contributed by atoms with Gasteiger partial charge in [0.1, 0.15) is 10.6 Å². The molecule has 2 aromatic rings. The van der Waals surface area contributed by atoms with Crippen LogP contribution in [-0.2, 0) is 11.2 Å². The number of fused-ring (bicyclic) bond motifs is 1. The number of aromatic nitrogens is 1. The molecule has 6 nitrogen and oxygen atoms in total. The number of para-hydroxylation sites is 1. The number of carbonyl (C=O) groups excluding carboxylic acids is 2. The van der Waals surface area contributed by atoms with Crippen molar-refractivity contribution in [3.05, 3.63) is 40.9 Å². The minimum absolute atomic E-state index is 0.121. The maximum Gasteiger partial charge on any atom is 0.266 e. The summed E-state index contributed by atoms with van der Waals surface area (Å²) in [6, 6.07) is 9.15. The second-order valence-electron chi connectivity index (χ2n) is 5.22. The van der Waals surface area contributed by atoms with E-state index in [2.05, 4.69) is 15.6 Å². The van der Waals surface area contributed by atoms with Crippen LogP contribution in [0.4, 0.5) is 5.13 Å². The second-order valence-corrected chi connectivity index (χ2v) is 6.22. The van der Waals surface area contributed by atoms with Crippen LogP contribution in [0, 0.1) is 0 Å². The Balaban J connectivity index is 1.66. The Hall–Kier alpha value is -2.41. The van der Waals surface area contributed by atoms with Gasteiger partial charge in [-0.25, -0.2) is 4.98 Å². The highest BCUT2D eigenvalue weighted by Gasteiger charge is 2.22. The quantitative estimate of drug-likeness (QED) is 0.900. The zero-order chi connectivity index (χ0) is 16.2. The summed E-state index contributed by atoms with van der Waals surface area (Å²) in [5, 5.41) is 5.97. The molecule has 0 radical (unpaired) electrons. The molecule has 0 fully saturated rings. The number of rotatable bonds is 4. The van der Waals surface area contributed by atoms with Crippen molar-refractivity contribution >= 4 is 28.3 Å². The molecule has 1 aromatic carbocycles. The molecule has 0 saturated carbocycles. The molecule has 0 bridgehead atoms. The molecule has 120 valence electrons. The first-order valence-corrected chi connectivity index (χ1v) is 8.25. The van der Waals surface area contributed by atoms with Crippen LogP contribution in [0.25, 0.3) is 0 Å². The van der Waals surface area contributed by atoms with E-state index in [9.17, 15) is 9.59 Å². The highest BCUT2D eigenvalue weighted by Crippen LogP contribution is 2.25. The van der Waals surface area contributed by atoms with E-state index < -0.39 is 6.10 Å². The predicted octanol–water partition coefficient (Wildman–Crippen LogP) is 2.23. The topological polar surface area (TPSA) is 80.3 Å². The summed E-state index contributed by atoms with van der Waals surface area (Å²) in [5.41, 5.74) is 0.747. The fourth-order valence-corrected chi connectivity index (χ4v) is 3.19. The molecule has 7 heteroatoms. The highest BCUT2D eigenvalue weighted by atomic mass is 32.1. The lowest BCUT2D eigenvalue weighted by Gasteiger charge is -2.13. The maximum atomic E-state index is 12.2.